The molecule has 0 unspecified atom stereocenters. The predicted molar refractivity (Wildman–Crippen MR) is 66.4 cm³/mol. The van der Waals surface area contributed by atoms with Crippen LogP contribution < -0.4 is 5.73 Å². The quantitative estimate of drug-likeness (QED) is 0.707. The van der Waals surface area contributed by atoms with Gasteiger partial charge in [0.1, 0.15) is 5.78 Å². The number of nitrogens with one attached hydrogen (secondary N) is 1. The molecule has 0 aromatic carbocycles. The van der Waals surface area contributed by atoms with E-state index in [0.29, 0.717) is 18.6 Å². The van der Waals surface area contributed by atoms with Crippen molar-refractivity contribution in [1.29, 1.82) is 5.41 Å². The number of rotatable bonds is 4. The number of hydrogen-bond donors (Lipinski definition) is 2. The average molecular weight is 214 g/mol. The SMILES string of the molecule is CC(=N)CCC(=O)C(C)C.CC(C)(C)N. The minimum atomic E-state index is 0. The molecule has 0 fully saturated rings. The van der Waals surface area contributed by atoms with Gasteiger partial charge in [0.2, 0.25) is 0 Å². The van der Waals surface area contributed by atoms with Crippen LogP contribution in [0, 0.1) is 11.3 Å². The molecule has 0 radical (unpaired) electrons. The van der Waals surface area contributed by atoms with Crippen molar-refractivity contribution in [2.75, 3.05) is 0 Å². The number of hydrogen-bond acceptors (Lipinski definition) is 3. The van der Waals surface area contributed by atoms with Crippen LogP contribution in [0.15, 0.2) is 0 Å². The largest absolute Gasteiger partial charge is 0.326 e. The van der Waals surface area contributed by atoms with E-state index in [1.807, 2.05) is 34.6 Å². The first-order valence-electron chi connectivity index (χ1n) is 5.39. The van der Waals surface area contributed by atoms with Crippen LogP contribution >= 0.6 is 0 Å². The molecule has 0 heterocycles. The van der Waals surface area contributed by atoms with Gasteiger partial charge in [-0.05, 0) is 34.1 Å². The fourth-order valence-electron chi connectivity index (χ4n) is 0.599. The lowest BCUT2D eigenvalue weighted by molar-refractivity contribution is -0.121. The van der Waals surface area contributed by atoms with Crippen molar-refractivity contribution in [2.45, 2.75) is 59.9 Å². The molecule has 0 saturated carbocycles. The number of nitrogens with two attached hydrogens (primary N) is 1. The van der Waals surface area contributed by atoms with E-state index in [-0.39, 0.29) is 17.2 Å². The minimum Gasteiger partial charge on any atom is -0.326 e. The lowest BCUT2D eigenvalue weighted by Crippen LogP contribution is -2.26. The van der Waals surface area contributed by atoms with Crippen molar-refractivity contribution < 1.29 is 4.79 Å². The summed E-state index contributed by atoms with van der Waals surface area (Å²) in [5, 5.41) is 7.08. The summed E-state index contributed by atoms with van der Waals surface area (Å²) in [6, 6.07) is 0. The van der Waals surface area contributed by atoms with Gasteiger partial charge in [0.05, 0.1) is 0 Å². The lowest BCUT2D eigenvalue weighted by Gasteiger charge is -2.06. The molecule has 3 N–H and O–H groups in total. The fourth-order valence-corrected chi connectivity index (χ4v) is 0.599. The third-order valence-electron chi connectivity index (χ3n) is 1.39. The topological polar surface area (TPSA) is 66.9 Å². The third-order valence-corrected chi connectivity index (χ3v) is 1.39. The highest BCUT2D eigenvalue weighted by Crippen LogP contribution is 2.01. The zero-order valence-electron chi connectivity index (χ0n) is 11.0. The van der Waals surface area contributed by atoms with E-state index in [1.54, 1.807) is 6.92 Å². The van der Waals surface area contributed by atoms with E-state index < -0.39 is 0 Å². The Balaban J connectivity index is 0. The molecule has 0 rings (SSSR count). The summed E-state index contributed by atoms with van der Waals surface area (Å²) in [4.78, 5) is 11.0. The van der Waals surface area contributed by atoms with Gasteiger partial charge in [-0.3, -0.25) is 4.79 Å². The standard InChI is InChI=1S/C8H15NO.C4H11N/c1-6(2)8(10)5-4-7(3)9;1-4(2,3)5/h6,9H,4-5H2,1-3H3;5H2,1-3H3. The lowest BCUT2D eigenvalue weighted by atomic mass is 10.0. The summed E-state index contributed by atoms with van der Waals surface area (Å²) in [5.74, 6) is 0.381. The summed E-state index contributed by atoms with van der Waals surface area (Å²) < 4.78 is 0. The van der Waals surface area contributed by atoms with Gasteiger partial charge in [-0.2, -0.15) is 0 Å². The zero-order valence-corrected chi connectivity index (χ0v) is 11.0. The van der Waals surface area contributed by atoms with Crippen LogP contribution in [0.25, 0.3) is 0 Å². The Morgan fingerprint density at radius 1 is 1.27 bits per heavy atom. The van der Waals surface area contributed by atoms with E-state index in [4.69, 9.17) is 11.1 Å². The molecule has 0 amide bonds. The smallest absolute Gasteiger partial charge is 0.135 e. The van der Waals surface area contributed by atoms with Gasteiger partial charge in [-0.25, -0.2) is 0 Å². The first-order chi connectivity index (χ1) is 6.54. The number of Topliss-reactive ketones (excluding diaryl/α,β-unsaturated/α-hetero) is 1. The summed E-state index contributed by atoms with van der Waals surface area (Å²) in [5.41, 5.74) is 5.95. The highest BCUT2D eigenvalue weighted by atomic mass is 16.1. The Morgan fingerprint density at radius 2 is 1.60 bits per heavy atom. The van der Waals surface area contributed by atoms with E-state index in [9.17, 15) is 4.79 Å². The molecule has 0 aliphatic heterocycles. The van der Waals surface area contributed by atoms with Crippen LogP contribution in [-0.4, -0.2) is 17.0 Å². The fraction of sp³-hybridized carbons (Fsp3) is 0.833. The Hall–Kier alpha value is -0.700. The van der Waals surface area contributed by atoms with E-state index in [1.165, 1.54) is 0 Å². The maximum absolute atomic E-state index is 11.0. The molecule has 0 aromatic heterocycles. The summed E-state index contributed by atoms with van der Waals surface area (Å²) in [6.45, 7) is 11.4. The van der Waals surface area contributed by atoms with Gasteiger partial charge >= 0.3 is 0 Å². The molecule has 3 heteroatoms. The van der Waals surface area contributed by atoms with Crippen molar-refractivity contribution in [3.05, 3.63) is 0 Å². The van der Waals surface area contributed by atoms with Crippen LogP contribution in [0.5, 0.6) is 0 Å². The molecule has 0 aliphatic carbocycles. The molecule has 0 aromatic rings. The van der Waals surface area contributed by atoms with Crippen LogP contribution in [0.4, 0.5) is 0 Å². The number of carbonyl (C=O) groups excluding carboxylic acids is 1. The van der Waals surface area contributed by atoms with Gasteiger partial charge in [0, 0.05) is 23.6 Å². The molecule has 0 saturated heterocycles. The van der Waals surface area contributed by atoms with E-state index in [0.717, 1.165) is 0 Å². The van der Waals surface area contributed by atoms with Crippen molar-refractivity contribution >= 4 is 11.5 Å². The second kappa shape index (κ2) is 7.57. The first-order valence-corrected chi connectivity index (χ1v) is 5.39. The van der Waals surface area contributed by atoms with Gasteiger partial charge < -0.3 is 11.1 Å². The number of carbonyl (C=O) groups is 1. The molecule has 0 atom stereocenters. The van der Waals surface area contributed by atoms with Gasteiger partial charge in [-0.1, -0.05) is 13.8 Å². The van der Waals surface area contributed by atoms with Crippen LogP contribution in [0.1, 0.15) is 54.4 Å². The second-order valence-electron chi connectivity index (χ2n) is 5.27. The molecule has 90 valence electrons. The Labute approximate surface area is 93.9 Å². The van der Waals surface area contributed by atoms with Crippen LogP contribution in [-0.2, 0) is 4.79 Å². The van der Waals surface area contributed by atoms with Gasteiger partial charge in [0.25, 0.3) is 0 Å². The highest BCUT2D eigenvalue weighted by Gasteiger charge is 2.05. The molecule has 0 spiro atoms. The normalized spacial score (nSPS) is 10.7. The highest BCUT2D eigenvalue weighted by molar-refractivity contribution is 5.86. The average Bonchev–Trinajstić information content (AvgIpc) is 1.96. The van der Waals surface area contributed by atoms with Gasteiger partial charge in [-0.15, -0.1) is 0 Å². The third kappa shape index (κ3) is 24.7. The Kier molecular flexibility index (Phi) is 8.44. The van der Waals surface area contributed by atoms with Crippen molar-refractivity contribution in [2.24, 2.45) is 11.7 Å². The van der Waals surface area contributed by atoms with Crippen LogP contribution in [0.3, 0.4) is 0 Å². The monoisotopic (exact) mass is 214 g/mol. The van der Waals surface area contributed by atoms with Crippen LogP contribution in [0.2, 0.25) is 0 Å². The second-order valence-corrected chi connectivity index (χ2v) is 5.27. The summed E-state index contributed by atoms with van der Waals surface area (Å²) in [7, 11) is 0. The maximum Gasteiger partial charge on any atom is 0.135 e. The molecule has 15 heavy (non-hydrogen) atoms. The summed E-state index contributed by atoms with van der Waals surface area (Å²) >= 11 is 0. The van der Waals surface area contributed by atoms with Crippen molar-refractivity contribution in [3.63, 3.8) is 0 Å². The zero-order chi connectivity index (χ0) is 12.6. The molecule has 0 aliphatic rings. The first kappa shape index (κ1) is 16.7. The Morgan fingerprint density at radius 3 is 1.80 bits per heavy atom. The molecule has 3 nitrogen and oxygen atoms in total. The minimum absolute atomic E-state index is 0. The maximum atomic E-state index is 11.0. The van der Waals surface area contributed by atoms with Crippen molar-refractivity contribution in [1.82, 2.24) is 0 Å². The number of ketones is 1. The molecular weight excluding hydrogens is 188 g/mol. The van der Waals surface area contributed by atoms with Crippen molar-refractivity contribution in [3.8, 4) is 0 Å². The van der Waals surface area contributed by atoms with E-state index >= 15 is 0 Å². The Bertz CT molecular complexity index is 196. The summed E-state index contributed by atoms with van der Waals surface area (Å²) in [6.07, 6.45) is 1.16. The van der Waals surface area contributed by atoms with E-state index in [2.05, 4.69) is 0 Å². The molecule has 0 bridgehead atoms. The van der Waals surface area contributed by atoms with Gasteiger partial charge in [0.15, 0.2) is 0 Å². The molecular formula is C12H26N2O. The predicted octanol–water partition coefficient (Wildman–Crippen LogP) is 2.77.